The highest BCUT2D eigenvalue weighted by molar-refractivity contribution is 5.97. The number of amides is 1. The molecule has 4 aromatic rings. The second-order valence-corrected chi connectivity index (χ2v) is 6.78. The number of nitrogens with one attached hydrogen (secondary N) is 2. The van der Waals surface area contributed by atoms with Crippen molar-refractivity contribution >= 4 is 28.3 Å². The maximum Gasteiger partial charge on any atom is 0.246 e. The first kappa shape index (κ1) is 18.6. The minimum absolute atomic E-state index is 0.143. The Morgan fingerprint density at radius 3 is 2.45 bits per heavy atom. The van der Waals surface area contributed by atoms with Gasteiger partial charge in [-0.15, -0.1) is 0 Å². The van der Waals surface area contributed by atoms with E-state index in [0.29, 0.717) is 11.4 Å². The fraction of sp³-hybridized carbons (Fsp3) is 0.125. The molecule has 5 nitrogen and oxygen atoms in total. The molecule has 2 N–H and O–H groups in total. The van der Waals surface area contributed by atoms with Crippen molar-refractivity contribution in [2.45, 2.75) is 13.0 Å². The highest BCUT2D eigenvalue weighted by atomic mass is 16.5. The molecule has 0 saturated heterocycles. The Hall–Kier alpha value is -3.73. The predicted molar refractivity (Wildman–Crippen MR) is 116 cm³/mol. The average Bonchev–Trinajstić information content (AvgIpc) is 3.19. The zero-order valence-corrected chi connectivity index (χ0v) is 16.3. The van der Waals surface area contributed by atoms with Crippen molar-refractivity contribution in [1.29, 1.82) is 0 Å². The molecule has 3 aromatic carbocycles. The van der Waals surface area contributed by atoms with Gasteiger partial charge >= 0.3 is 0 Å². The highest BCUT2D eigenvalue weighted by Gasteiger charge is 2.15. The van der Waals surface area contributed by atoms with Gasteiger partial charge in [-0.3, -0.25) is 4.79 Å². The van der Waals surface area contributed by atoms with Gasteiger partial charge in [0.25, 0.3) is 0 Å². The van der Waals surface area contributed by atoms with Gasteiger partial charge in [0.15, 0.2) is 0 Å². The summed E-state index contributed by atoms with van der Waals surface area (Å²) in [6.45, 7) is 1.82. The van der Waals surface area contributed by atoms with Crippen LogP contribution in [0.5, 0.6) is 5.75 Å². The van der Waals surface area contributed by atoms with Gasteiger partial charge in [-0.2, -0.15) is 0 Å². The van der Waals surface area contributed by atoms with Crippen LogP contribution < -0.4 is 15.4 Å². The molecular formula is C24H22N2O3. The molecule has 0 radical (unpaired) electrons. The molecule has 0 saturated carbocycles. The Kier molecular flexibility index (Phi) is 5.20. The van der Waals surface area contributed by atoms with Crippen molar-refractivity contribution < 1.29 is 13.9 Å². The van der Waals surface area contributed by atoms with Gasteiger partial charge in [0, 0.05) is 16.6 Å². The van der Waals surface area contributed by atoms with E-state index in [2.05, 4.69) is 10.6 Å². The van der Waals surface area contributed by atoms with Gasteiger partial charge in [0.05, 0.1) is 12.8 Å². The van der Waals surface area contributed by atoms with Crippen molar-refractivity contribution in [1.82, 2.24) is 0 Å². The van der Waals surface area contributed by atoms with E-state index in [4.69, 9.17) is 9.15 Å². The molecule has 1 atom stereocenters. The summed E-state index contributed by atoms with van der Waals surface area (Å²) in [5.74, 6) is 1.30. The molecule has 0 spiro atoms. The zero-order valence-electron chi connectivity index (χ0n) is 16.3. The Bertz CT molecular complexity index is 1100. The van der Waals surface area contributed by atoms with Crippen molar-refractivity contribution in [3.63, 3.8) is 0 Å². The monoisotopic (exact) mass is 386 g/mol. The van der Waals surface area contributed by atoms with Crippen LogP contribution in [-0.2, 0) is 4.79 Å². The van der Waals surface area contributed by atoms with Crippen molar-refractivity contribution in [3.05, 3.63) is 78.9 Å². The SMILES string of the molecule is COc1ccccc1NC(=O)[C@@H](C)Nc1ccc(-c2cc3ccccc3o2)cc1. The lowest BCUT2D eigenvalue weighted by molar-refractivity contribution is -0.116. The van der Waals surface area contributed by atoms with Gasteiger partial charge in [0.2, 0.25) is 5.91 Å². The molecule has 1 aromatic heterocycles. The van der Waals surface area contributed by atoms with Crippen LogP contribution in [0.15, 0.2) is 83.3 Å². The minimum atomic E-state index is -0.419. The normalized spacial score (nSPS) is 11.8. The first-order chi connectivity index (χ1) is 14.1. The second-order valence-electron chi connectivity index (χ2n) is 6.78. The molecule has 4 rings (SSSR count). The number of furan rings is 1. The number of ether oxygens (including phenoxy) is 1. The summed E-state index contributed by atoms with van der Waals surface area (Å²) in [5.41, 5.74) is 3.35. The number of benzene rings is 3. The molecule has 0 fully saturated rings. The maximum absolute atomic E-state index is 12.5. The summed E-state index contributed by atoms with van der Waals surface area (Å²) in [6.07, 6.45) is 0. The molecule has 5 heteroatoms. The lowest BCUT2D eigenvalue weighted by Gasteiger charge is -2.16. The van der Waals surface area contributed by atoms with E-state index in [1.165, 1.54) is 0 Å². The van der Waals surface area contributed by atoms with E-state index in [1.807, 2.05) is 85.8 Å². The second kappa shape index (κ2) is 8.10. The third kappa shape index (κ3) is 4.09. The van der Waals surface area contributed by atoms with Crippen LogP contribution in [0, 0.1) is 0 Å². The smallest absolute Gasteiger partial charge is 0.246 e. The van der Waals surface area contributed by atoms with Gasteiger partial charge < -0.3 is 19.8 Å². The summed E-state index contributed by atoms with van der Waals surface area (Å²) in [6, 6.07) is 24.7. The first-order valence-electron chi connectivity index (χ1n) is 9.43. The van der Waals surface area contributed by atoms with Crippen LogP contribution >= 0.6 is 0 Å². The Balaban J connectivity index is 1.43. The van der Waals surface area contributed by atoms with E-state index in [0.717, 1.165) is 28.0 Å². The number of anilines is 2. The summed E-state index contributed by atoms with van der Waals surface area (Å²) in [4.78, 5) is 12.5. The highest BCUT2D eigenvalue weighted by Crippen LogP contribution is 2.28. The number of fused-ring (bicyclic) bond motifs is 1. The van der Waals surface area contributed by atoms with E-state index < -0.39 is 6.04 Å². The lowest BCUT2D eigenvalue weighted by Crippen LogP contribution is -2.31. The Morgan fingerprint density at radius 1 is 0.966 bits per heavy atom. The lowest BCUT2D eigenvalue weighted by atomic mass is 10.1. The molecule has 0 aliphatic heterocycles. The topological polar surface area (TPSA) is 63.5 Å². The third-order valence-corrected chi connectivity index (χ3v) is 4.74. The quantitative estimate of drug-likeness (QED) is 0.456. The van der Waals surface area contributed by atoms with E-state index in [9.17, 15) is 4.79 Å². The molecule has 1 heterocycles. The molecule has 0 bridgehead atoms. The summed E-state index contributed by atoms with van der Waals surface area (Å²) in [7, 11) is 1.58. The zero-order chi connectivity index (χ0) is 20.2. The number of para-hydroxylation sites is 3. The fourth-order valence-corrected chi connectivity index (χ4v) is 3.16. The van der Waals surface area contributed by atoms with E-state index in [-0.39, 0.29) is 5.91 Å². The van der Waals surface area contributed by atoms with E-state index >= 15 is 0 Å². The molecule has 0 unspecified atom stereocenters. The molecular weight excluding hydrogens is 364 g/mol. The average molecular weight is 386 g/mol. The number of methoxy groups -OCH3 is 1. The molecule has 146 valence electrons. The number of rotatable bonds is 6. The summed E-state index contributed by atoms with van der Waals surface area (Å²) in [5, 5.41) is 7.19. The van der Waals surface area contributed by atoms with Crippen LogP contribution in [0.1, 0.15) is 6.92 Å². The number of hydrogen-bond donors (Lipinski definition) is 2. The molecule has 0 aliphatic rings. The summed E-state index contributed by atoms with van der Waals surface area (Å²) < 4.78 is 11.2. The Morgan fingerprint density at radius 2 is 1.69 bits per heavy atom. The first-order valence-corrected chi connectivity index (χ1v) is 9.43. The summed E-state index contributed by atoms with van der Waals surface area (Å²) >= 11 is 0. The number of hydrogen-bond acceptors (Lipinski definition) is 4. The number of carbonyl (C=O) groups excluding carboxylic acids is 1. The van der Waals surface area contributed by atoms with Crippen molar-refractivity contribution in [3.8, 4) is 17.1 Å². The van der Waals surface area contributed by atoms with Gasteiger partial charge in [0.1, 0.15) is 23.1 Å². The molecule has 1 amide bonds. The fourth-order valence-electron chi connectivity index (χ4n) is 3.16. The molecule has 29 heavy (non-hydrogen) atoms. The Labute approximate surface area is 169 Å². The standard InChI is InChI=1S/C24H22N2O3/c1-16(24(27)26-20-8-4-6-10-22(20)28-2)25-19-13-11-17(12-14-19)23-15-18-7-3-5-9-21(18)29-23/h3-16,25H,1-2H3,(H,26,27)/t16-/m1/s1. The van der Waals surface area contributed by atoms with Crippen LogP contribution in [0.2, 0.25) is 0 Å². The maximum atomic E-state index is 12.5. The van der Waals surface area contributed by atoms with Crippen molar-refractivity contribution in [2.75, 3.05) is 17.7 Å². The van der Waals surface area contributed by atoms with Crippen molar-refractivity contribution in [2.24, 2.45) is 0 Å². The minimum Gasteiger partial charge on any atom is -0.495 e. The largest absolute Gasteiger partial charge is 0.495 e. The van der Waals surface area contributed by atoms with E-state index in [1.54, 1.807) is 7.11 Å². The van der Waals surface area contributed by atoms with Crippen LogP contribution in [0.3, 0.4) is 0 Å². The third-order valence-electron chi connectivity index (χ3n) is 4.74. The van der Waals surface area contributed by atoms with Crippen LogP contribution in [-0.4, -0.2) is 19.1 Å². The van der Waals surface area contributed by atoms with Gasteiger partial charge in [-0.1, -0.05) is 30.3 Å². The van der Waals surface area contributed by atoms with Gasteiger partial charge in [-0.05, 0) is 55.5 Å². The van der Waals surface area contributed by atoms with Crippen LogP contribution in [0.4, 0.5) is 11.4 Å². The predicted octanol–water partition coefficient (Wildman–Crippen LogP) is 5.55. The molecule has 0 aliphatic carbocycles. The van der Waals surface area contributed by atoms with Gasteiger partial charge in [-0.25, -0.2) is 0 Å². The van der Waals surface area contributed by atoms with Crippen LogP contribution in [0.25, 0.3) is 22.3 Å². The number of carbonyl (C=O) groups is 1.